The van der Waals surface area contributed by atoms with Gasteiger partial charge in [0.25, 0.3) is 11.5 Å². The smallest absolute Gasteiger partial charge is 0.274 e. The summed E-state index contributed by atoms with van der Waals surface area (Å²) in [7, 11) is 0. The van der Waals surface area contributed by atoms with E-state index in [1.54, 1.807) is 36.4 Å². The maximum Gasteiger partial charge on any atom is 0.274 e. The lowest BCUT2D eigenvalue weighted by Gasteiger charge is -2.14. The van der Waals surface area contributed by atoms with Crippen molar-refractivity contribution in [2.45, 2.75) is 19.3 Å². The van der Waals surface area contributed by atoms with Gasteiger partial charge in [-0.25, -0.2) is 4.68 Å². The number of carbonyl (C=O) groups is 1. The minimum absolute atomic E-state index is 0.00449. The molecule has 1 amide bonds. The van der Waals surface area contributed by atoms with Gasteiger partial charge in [-0.05, 0) is 23.8 Å². The van der Waals surface area contributed by atoms with E-state index in [0.717, 1.165) is 10.2 Å². The molecular formula is C19H18ClN3O4. The number of rotatable bonds is 7. The molecule has 0 fully saturated rings. The maximum absolute atomic E-state index is 12.5. The molecule has 3 N–H and O–H groups in total. The number of carbonyl (C=O) groups excluding carboxylic acids is 1. The Kier molecular flexibility index (Phi) is 5.85. The van der Waals surface area contributed by atoms with Crippen molar-refractivity contribution in [2.75, 3.05) is 6.61 Å². The van der Waals surface area contributed by atoms with Gasteiger partial charge in [0.2, 0.25) is 0 Å². The van der Waals surface area contributed by atoms with E-state index in [2.05, 4.69) is 5.10 Å². The third-order valence-electron chi connectivity index (χ3n) is 3.98. The monoisotopic (exact) mass is 387 g/mol. The summed E-state index contributed by atoms with van der Waals surface area (Å²) in [5.41, 5.74) is 5.85. The SMILES string of the molecule is NC(=O)c1nn(C[C@H](O)COCc2ccc(Cl)cc2)c(=O)c2ccccc12. The fraction of sp³-hybridized carbons (Fsp3) is 0.211. The third kappa shape index (κ3) is 4.51. The Morgan fingerprint density at radius 1 is 1.19 bits per heavy atom. The summed E-state index contributed by atoms with van der Waals surface area (Å²) in [6, 6.07) is 13.7. The van der Waals surface area contributed by atoms with Gasteiger partial charge in [0.15, 0.2) is 5.69 Å². The number of primary amides is 1. The minimum Gasteiger partial charge on any atom is -0.389 e. The molecule has 0 spiro atoms. The van der Waals surface area contributed by atoms with Gasteiger partial charge in [-0.15, -0.1) is 0 Å². The Labute approximate surface area is 159 Å². The highest BCUT2D eigenvalue weighted by Gasteiger charge is 2.16. The van der Waals surface area contributed by atoms with Gasteiger partial charge in [0.05, 0.1) is 31.2 Å². The molecule has 8 heteroatoms. The van der Waals surface area contributed by atoms with Crippen LogP contribution in [0.15, 0.2) is 53.3 Å². The largest absolute Gasteiger partial charge is 0.389 e. The Morgan fingerprint density at radius 3 is 2.52 bits per heavy atom. The average Bonchev–Trinajstić information content (AvgIpc) is 2.65. The Bertz CT molecular complexity index is 1020. The van der Waals surface area contributed by atoms with Crippen LogP contribution in [0.3, 0.4) is 0 Å². The normalized spacial score (nSPS) is 12.2. The van der Waals surface area contributed by atoms with Crippen molar-refractivity contribution in [3.8, 4) is 0 Å². The van der Waals surface area contributed by atoms with Crippen LogP contribution < -0.4 is 11.3 Å². The molecule has 1 atom stereocenters. The summed E-state index contributed by atoms with van der Waals surface area (Å²) < 4.78 is 6.51. The Morgan fingerprint density at radius 2 is 1.85 bits per heavy atom. The van der Waals surface area contributed by atoms with Crippen molar-refractivity contribution in [1.29, 1.82) is 0 Å². The Hall–Kier alpha value is -2.74. The molecular weight excluding hydrogens is 370 g/mol. The minimum atomic E-state index is -0.982. The zero-order valence-electron chi connectivity index (χ0n) is 14.3. The standard InChI is InChI=1S/C19H18ClN3O4/c20-13-7-5-12(6-8-13)10-27-11-14(24)9-23-19(26)16-4-2-1-3-15(16)17(22-23)18(21)25/h1-8,14,24H,9-11H2,(H2,21,25)/t14-/m0/s1. The first kappa shape index (κ1) is 19.0. The van der Waals surface area contributed by atoms with Crippen LogP contribution in [0.4, 0.5) is 0 Å². The van der Waals surface area contributed by atoms with Crippen LogP contribution in [0.2, 0.25) is 5.02 Å². The van der Waals surface area contributed by atoms with Crippen LogP contribution in [0.5, 0.6) is 0 Å². The van der Waals surface area contributed by atoms with Gasteiger partial charge in [0, 0.05) is 10.4 Å². The van der Waals surface area contributed by atoms with Gasteiger partial charge in [-0.2, -0.15) is 5.10 Å². The van der Waals surface area contributed by atoms with E-state index in [-0.39, 0.29) is 18.8 Å². The molecule has 1 aromatic heterocycles. The average molecular weight is 388 g/mol. The number of ether oxygens (including phenoxy) is 1. The number of aliphatic hydroxyl groups is 1. The fourth-order valence-corrected chi connectivity index (χ4v) is 2.81. The Balaban J connectivity index is 1.72. The van der Waals surface area contributed by atoms with E-state index in [0.29, 0.717) is 22.4 Å². The highest BCUT2D eigenvalue weighted by Crippen LogP contribution is 2.13. The van der Waals surface area contributed by atoms with E-state index in [9.17, 15) is 14.7 Å². The molecule has 1 heterocycles. The molecule has 0 aliphatic rings. The number of amides is 1. The number of benzene rings is 2. The highest BCUT2D eigenvalue weighted by molar-refractivity contribution is 6.30. The quantitative estimate of drug-likeness (QED) is 0.642. The van der Waals surface area contributed by atoms with Crippen LogP contribution in [0.1, 0.15) is 16.1 Å². The summed E-state index contributed by atoms with van der Waals surface area (Å²) in [6.07, 6.45) is -0.982. The second kappa shape index (κ2) is 8.30. The molecule has 0 saturated heterocycles. The number of fused-ring (bicyclic) bond motifs is 1. The topological polar surface area (TPSA) is 107 Å². The molecule has 2 aromatic carbocycles. The third-order valence-corrected chi connectivity index (χ3v) is 4.23. The summed E-state index contributed by atoms with van der Waals surface area (Å²) in [6.45, 7) is 0.168. The first-order valence-electron chi connectivity index (χ1n) is 8.25. The molecule has 0 radical (unpaired) electrons. The molecule has 0 saturated carbocycles. The van der Waals surface area contributed by atoms with Crippen LogP contribution in [0.25, 0.3) is 10.8 Å². The van der Waals surface area contributed by atoms with Crippen LogP contribution >= 0.6 is 11.6 Å². The number of hydrogen-bond donors (Lipinski definition) is 2. The predicted octanol–water partition coefficient (Wildman–Crippen LogP) is 1.73. The van der Waals surface area contributed by atoms with Gasteiger partial charge < -0.3 is 15.6 Å². The van der Waals surface area contributed by atoms with E-state index in [1.165, 1.54) is 0 Å². The van der Waals surface area contributed by atoms with Crippen molar-refractivity contribution in [3.05, 3.63) is 75.2 Å². The molecule has 7 nitrogen and oxygen atoms in total. The molecule has 3 aromatic rings. The number of nitrogens with two attached hydrogens (primary N) is 1. The maximum atomic E-state index is 12.5. The van der Waals surface area contributed by atoms with Gasteiger partial charge in [-0.1, -0.05) is 41.9 Å². The molecule has 27 heavy (non-hydrogen) atoms. The van der Waals surface area contributed by atoms with E-state index in [1.807, 2.05) is 12.1 Å². The lowest BCUT2D eigenvalue weighted by molar-refractivity contribution is 0.0180. The first-order valence-corrected chi connectivity index (χ1v) is 8.63. The number of aromatic nitrogens is 2. The molecule has 3 rings (SSSR count). The first-order chi connectivity index (χ1) is 13.0. The van der Waals surface area contributed by atoms with Crippen molar-refractivity contribution in [3.63, 3.8) is 0 Å². The lowest BCUT2D eigenvalue weighted by Crippen LogP contribution is -2.33. The fourth-order valence-electron chi connectivity index (χ4n) is 2.69. The number of hydrogen-bond acceptors (Lipinski definition) is 5. The van der Waals surface area contributed by atoms with Gasteiger partial charge in [-0.3, -0.25) is 9.59 Å². The van der Waals surface area contributed by atoms with Crippen molar-refractivity contribution in [2.24, 2.45) is 5.73 Å². The molecule has 0 unspecified atom stereocenters. The summed E-state index contributed by atoms with van der Waals surface area (Å²) in [4.78, 5) is 24.2. The lowest BCUT2D eigenvalue weighted by atomic mass is 10.1. The molecule has 140 valence electrons. The van der Waals surface area contributed by atoms with E-state index < -0.39 is 17.6 Å². The second-order valence-corrected chi connectivity index (χ2v) is 6.48. The summed E-state index contributed by atoms with van der Waals surface area (Å²) in [5, 5.41) is 15.5. The summed E-state index contributed by atoms with van der Waals surface area (Å²) >= 11 is 5.82. The zero-order chi connectivity index (χ0) is 19.4. The van der Waals surface area contributed by atoms with Crippen LogP contribution in [0, 0.1) is 0 Å². The van der Waals surface area contributed by atoms with Crippen LogP contribution in [-0.4, -0.2) is 33.5 Å². The van der Waals surface area contributed by atoms with Crippen molar-refractivity contribution < 1.29 is 14.6 Å². The predicted molar refractivity (Wildman–Crippen MR) is 102 cm³/mol. The zero-order valence-corrected chi connectivity index (χ0v) is 15.1. The van der Waals surface area contributed by atoms with Crippen molar-refractivity contribution >= 4 is 28.3 Å². The number of nitrogens with zero attached hydrogens (tertiary/aromatic N) is 2. The van der Waals surface area contributed by atoms with Crippen molar-refractivity contribution in [1.82, 2.24) is 9.78 Å². The number of halogens is 1. The second-order valence-electron chi connectivity index (χ2n) is 6.04. The van der Waals surface area contributed by atoms with E-state index in [4.69, 9.17) is 22.1 Å². The number of aliphatic hydroxyl groups excluding tert-OH is 1. The summed E-state index contributed by atoms with van der Waals surface area (Å²) in [5.74, 6) is -0.742. The van der Waals surface area contributed by atoms with Gasteiger partial charge in [0.1, 0.15) is 0 Å². The van der Waals surface area contributed by atoms with Crippen LogP contribution in [-0.2, 0) is 17.9 Å². The van der Waals surface area contributed by atoms with Gasteiger partial charge >= 0.3 is 0 Å². The highest BCUT2D eigenvalue weighted by atomic mass is 35.5. The molecule has 0 aliphatic carbocycles. The van der Waals surface area contributed by atoms with E-state index >= 15 is 0 Å². The molecule has 0 bridgehead atoms. The molecule has 0 aliphatic heterocycles.